The van der Waals surface area contributed by atoms with E-state index in [4.69, 9.17) is 15.2 Å². The Morgan fingerprint density at radius 2 is 2.05 bits per heavy atom. The fourth-order valence-electron chi connectivity index (χ4n) is 2.70. The van der Waals surface area contributed by atoms with Crippen molar-refractivity contribution < 1.29 is 9.47 Å². The first-order valence-corrected chi connectivity index (χ1v) is 7.24. The van der Waals surface area contributed by atoms with E-state index in [1.807, 2.05) is 19.1 Å². The molecule has 0 saturated heterocycles. The number of ether oxygens (including phenoxy) is 2. The predicted octanol–water partition coefficient (Wildman–Crippen LogP) is 3.15. The zero-order chi connectivity index (χ0) is 13.7. The number of benzene rings is 1. The molecule has 1 saturated carbocycles. The van der Waals surface area contributed by atoms with Crippen LogP contribution in [0, 0.1) is 5.92 Å². The lowest BCUT2D eigenvalue weighted by Crippen LogP contribution is -2.19. The molecule has 1 unspecified atom stereocenters. The second kappa shape index (κ2) is 6.80. The highest BCUT2D eigenvalue weighted by Gasteiger charge is 2.16. The summed E-state index contributed by atoms with van der Waals surface area (Å²) < 4.78 is 11.3. The van der Waals surface area contributed by atoms with Gasteiger partial charge in [0.2, 0.25) is 0 Å². The zero-order valence-electron chi connectivity index (χ0n) is 12.0. The van der Waals surface area contributed by atoms with E-state index < -0.39 is 0 Å². The summed E-state index contributed by atoms with van der Waals surface area (Å²) in [6.07, 6.45) is 6.13. The number of rotatable bonds is 6. The predicted molar refractivity (Wildman–Crippen MR) is 77.8 cm³/mol. The average Bonchev–Trinajstić information content (AvgIpc) is 2.90. The molecule has 19 heavy (non-hydrogen) atoms. The molecule has 0 aromatic heterocycles. The molecule has 1 aliphatic carbocycles. The SMILES string of the molecule is COc1ccc(CC(C)N)c(OCC2CCCC2)c1. The van der Waals surface area contributed by atoms with Crippen LogP contribution in [0.5, 0.6) is 11.5 Å². The molecule has 3 heteroatoms. The van der Waals surface area contributed by atoms with Crippen molar-refractivity contribution >= 4 is 0 Å². The van der Waals surface area contributed by atoms with E-state index in [0.29, 0.717) is 5.92 Å². The van der Waals surface area contributed by atoms with Crippen molar-refractivity contribution in [3.8, 4) is 11.5 Å². The number of methoxy groups -OCH3 is 1. The first-order chi connectivity index (χ1) is 9.19. The lowest BCUT2D eigenvalue weighted by Gasteiger charge is -2.16. The summed E-state index contributed by atoms with van der Waals surface area (Å²) in [5.74, 6) is 2.49. The van der Waals surface area contributed by atoms with Crippen LogP contribution >= 0.6 is 0 Å². The Labute approximate surface area is 116 Å². The third-order valence-electron chi connectivity index (χ3n) is 3.77. The van der Waals surface area contributed by atoms with Gasteiger partial charge in [0, 0.05) is 12.1 Å². The molecule has 2 N–H and O–H groups in total. The normalized spacial score (nSPS) is 17.4. The van der Waals surface area contributed by atoms with E-state index in [9.17, 15) is 0 Å². The topological polar surface area (TPSA) is 44.5 Å². The van der Waals surface area contributed by atoms with E-state index in [0.717, 1.165) is 24.5 Å². The Bertz CT molecular complexity index is 398. The molecule has 1 aromatic carbocycles. The Kier molecular flexibility index (Phi) is 5.08. The first kappa shape index (κ1) is 14.2. The summed E-state index contributed by atoms with van der Waals surface area (Å²) in [5.41, 5.74) is 7.07. The first-order valence-electron chi connectivity index (χ1n) is 7.24. The second-order valence-corrected chi connectivity index (χ2v) is 5.62. The summed E-state index contributed by atoms with van der Waals surface area (Å²) in [4.78, 5) is 0. The van der Waals surface area contributed by atoms with Crippen LogP contribution in [0.25, 0.3) is 0 Å². The van der Waals surface area contributed by atoms with Crippen LogP contribution in [-0.4, -0.2) is 19.8 Å². The summed E-state index contributed by atoms with van der Waals surface area (Å²) >= 11 is 0. The number of hydrogen-bond donors (Lipinski definition) is 1. The van der Waals surface area contributed by atoms with Crippen molar-refractivity contribution in [2.24, 2.45) is 11.7 Å². The summed E-state index contributed by atoms with van der Waals surface area (Å²) in [5, 5.41) is 0. The quantitative estimate of drug-likeness (QED) is 0.857. The van der Waals surface area contributed by atoms with Crippen molar-refractivity contribution in [3.63, 3.8) is 0 Å². The largest absolute Gasteiger partial charge is 0.497 e. The molecular formula is C16H25NO2. The van der Waals surface area contributed by atoms with E-state index >= 15 is 0 Å². The maximum Gasteiger partial charge on any atom is 0.126 e. The summed E-state index contributed by atoms with van der Waals surface area (Å²) in [7, 11) is 1.68. The minimum absolute atomic E-state index is 0.141. The molecule has 0 heterocycles. The van der Waals surface area contributed by atoms with Crippen molar-refractivity contribution in [1.82, 2.24) is 0 Å². The maximum atomic E-state index is 6.03. The molecule has 3 nitrogen and oxygen atoms in total. The van der Waals surface area contributed by atoms with E-state index in [2.05, 4.69) is 6.07 Å². The van der Waals surface area contributed by atoms with Crippen LogP contribution in [-0.2, 0) is 6.42 Å². The van der Waals surface area contributed by atoms with Gasteiger partial charge in [-0.05, 0) is 43.7 Å². The molecule has 0 spiro atoms. The van der Waals surface area contributed by atoms with Crippen LogP contribution in [0.1, 0.15) is 38.2 Å². The van der Waals surface area contributed by atoms with Crippen molar-refractivity contribution in [1.29, 1.82) is 0 Å². The fourth-order valence-corrected chi connectivity index (χ4v) is 2.70. The van der Waals surface area contributed by atoms with Gasteiger partial charge in [0.25, 0.3) is 0 Å². The third-order valence-corrected chi connectivity index (χ3v) is 3.77. The molecular weight excluding hydrogens is 238 g/mol. The molecule has 2 rings (SSSR count). The fraction of sp³-hybridized carbons (Fsp3) is 0.625. The van der Waals surface area contributed by atoms with Gasteiger partial charge in [-0.2, -0.15) is 0 Å². The molecule has 1 fully saturated rings. The molecule has 0 bridgehead atoms. The van der Waals surface area contributed by atoms with Gasteiger partial charge in [-0.3, -0.25) is 0 Å². The van der Waals surface area contributed by atoms with Crippen molar-refractivity contribution in [2.45, 2.75) is 45.1 Å². The Balaban J connectivity index is 2.05. The maximum absolute atomic E-state index is 6.03. The molecule has 1 aliphatic rings. The van der Waals surface area contributed by atoms with Gasteiger partial charge in [-0.25, -0.2) is 0 Å². The van der Waals surface area contributed by atoms with Gasteiger partial charge in [-0.15, -0.1) is 0 Å². The van der Waals surface area contributed by atoms with Gasteiger partial charge < -0.3 is 15.2 Å². The number of hydrogen-bond acceptors (Lipinski definition) is 3. The Morgan fingerprint density at radius 3 is 2.68 bits per heavy atom. The smallest absolute Gasteiger partial charge is 0.126 e. The minimum Gasteiger partial charge on any atom is -0.497 e. The zero-order valence-corrected chi connectivity index (χ0v) is 12.0. The van der Waals surface area contributed by atoms with Crippen LogP contribution in [0.3, 0.4) is 0 Å². The van der Waals surface area contributed by atoms with Crippen LogP contribution < -0.4 is 15.2 Å². The van der Waals surface area contributed by atoms with Crippen LogP contribution in [0.4, 0.5) is 0 Å². The average molecular weight is 263 g/mol. The van der Waals surface area contributed by atoms with Gasteiger partial charge in [0.05, 0.1) is 13.7 Å². The van der Waals surface area contributed by atoms with Crippen molar-refractivity contribution in [3.05, 3.63) is 23.8 Å². The van der Waals surface area contributed by atoms with Gasteiger partial charge in [0.15, 0.2) is 0 Å². The van der Waals surface area contributed by atoms with E-state index in [1.165, 1.54) is 31.2 Å². The van der Waals surface area contributed by atoms with Gasteiger partial charge in [0.1, 0.15) is 11.5 Å². The van der Waals surface area contributed by atoms with Gasteiger partial charge in [-0.1, -0.05) is 18.9 Å². The Hall–Kier alpha value is -1.22. The molecule has 0 amide bonds. The summed E-state index contributed by atoms with van der Waals surface area (Å²) in [6.45, 7) is 2.84. The molecule has 0 aliphatic heterocycles. The minimum atomic E-state index is 0.141. The number of nitrogens with two attached hydrogens (primary N) is 1. The van der Waals surface area contributed by atoms with E-state index in [-0.39, 0.29) is 6.04 Å². The molecule has 0 radical (unpaired) electrons. The molecule has 106 valence electrons. The lowest BCUT2D eigenvalue weighted by atomic mass is 10.1. The highest BCUT2D eigenvalue weighted by Crippen LogP contribution is 2.29. The van der Waals surface area contributed by atoms with E-state index in [1.54, 1.807) is 7.11 Å². The van der Waals surface area contributed by atoms with Crippen LogP contribution in [0.2, 0.25) is 0 Å². The molecule has 1 aromatic rings. The monoisotopic (exact) mass is 263 g/mol. The highest BCUT2D eigenvalue weighted by atomic mass is 16.5. The summed E-state index contributed by atoms with van der Waals surface area (Å²) in [6, 6.07) is 6.15. The lowest BCUT2D eigenvalue weighted by molar-refractivity contribution is 0.248. The molecule has 1 atom stereocenters. The highest BCUT2D eigenvalue weighted by molar-refractivity contribution is 5.41. The van der Waals surface area contributed by atoms with Gasteiger partial charge >= 0.3 is 0 Å². The standard InChI is InChI=1S/C16H25NO2/c1-12(17)9-14-7-8-15(18-2)10-16(14)19-11-13-5-3-4-6-13/h7-8,10,12-13H,3-6,9,11,17H2,1-2H3. The Morgan fingerprint density at radius 1 is 1.32 bits per heavy atom. The van der Waals surface area contributed by atoms with Crippen LogP contribution in [0.15, 0.2) is 18.2 Å². The third kappa shape index (κ3) is 4.13. The van der Waals surface area contributed by atoms with Crippen molar-refractivity contribution in [2.75, 3.05) is 13.7 Å². The second-order valence-electron chi connectivity index (χ2n) is 5.62.